The van der Waals surface area contributed by atoms with E-state index in [1.165, 1.54) is 0 Å². The second-order valence-electron chi connectivity index (χ2n) is 2.79. The van der Waals surface area contributed by atoms with E-state index in [0.29, 0.717) is 19.1 Å². The molecule has 4 heteroatoms. The predicted octanol–water partition coefficient (Wildman–Crippen LogP) is 0.681. The molecule has 1 aromatic heterocycles. The lowest BCUT2D eigenvalue weighted by Gasteiger charge is -2.25. The smallest absolute Gasteiger partial charge is 0.233 e. The molecule has 4 nitrogen and oxygen atoms in total. The van der Waals surface area contributed by atoms with Crippen LogP contribution in [0.15, 0.2) is 12.3 Å². The quantitative estimate of drug-likeness (QED) is 0.666. The second kappa shape index (κ2) is 3.15. The van der Waals surface area contributed by atoms with Crippen LogP contribution in [0, 0.1) is 0 Å². The molecule has 0 radical (unpaired) electrons. The Morgan fingerprint density at radius 2 is 2.58 bits per heavy atom. The molecule has 0 atom stereocenters. The van der Waals surface area contributed by atoms with Crippen LogP contribution in [0.4, 0.5) is 0 Å². The van der Waals surface area contributed by atoms with Gasteiger partial charge in [0.05, 0.1) is 13.2 Å². The van der Waals surface area contributed by atoms with E-state index < -0.39 is 0 Å². The Kier molecular flexibility index (Phi) is 1.99. The van der Waals surface area contributed by atoms with Gasteiger partial charge in [-0.1, -0.05) is 0 Å². The van der Waals surface area contributed by atoms with Gasteiger partial charge < -0.3 is 9.47 Å². The SMILES string of the molecule is CCn1ccc(OC2COC2)n1. The fourth-order valence-corrected chi connectivity index (χ4v) is 1.03. The first-order valence-corrected chi connectivity index (χ1v) is 4.16. The molecule has 2 rings (SSSR count). The van der Waals surface area contributed by atoms with Crippen molar-refractivity contribution in [2.24, 2.45) is 0 Å². The summed E-state index contributed by atoms with van der Waals surface area (Å²) in [5, 5.41) is 4.19. The highest BCUT2D eigenvalue weighted by molar-refractivity contribution is 5.06. The molecule has 0 amide bonds. The Labute approximate surface area is 71.1 Å². The average molecular weight is 168 g/mol. The van der Waals surface area contributed by atoms with E-state index in [1.54, 1.807) is 0 Å². The molecule has 0 unspecified atom stereocenters. The van der Waals surface area contributed by atoms with E-state index in [9.17, 15) is 0 Å². The maximum absolute atomic E-state index is 5.48. The van der Waals surface area contributed by atoms with Crippen LogP contribution in [0.25, 0.3) is 0 Å². The van der Waals surface area contributed by atoms with Crippen molar-refractivity contribution in [3.63, 3.8) is 0 Å². The topological polar surface area (TPSA) is 36.3 Å². The van der Waals surface area contributed by atoms with Crippen LogP contribution in [0.3, 0.4) is 0 Å². The predicted molar refractivity (Wildman–Crippen MR) is 43.1 cm³/mol. The minimum absolute atomic E-state index is 0.213. The molecule has 0 bridgehead atoms. The Balaban J connectivity index is 1.93. The van der Waals surface area contributed by atoms with Crippen molar-refractivity contribution >= 4 is 0 Å². The fourth-order valence-electron chi connectivity index (χ4n) is 1.03. The number of aryl methyl sites for hydroxylation is 1. The van der Waals surface area contributed by atoms with E-state index in [-0.39, 0.29) is 6.10 Å². The summed E-state index contributed by atoms with van der Waals surface area (Å²) in [5.74, 6) is 0.699. The third-order valence-electron chi connectivity index (χ3n) is 1.84. The number of hydrogen-bond acceptors (Lipinski definition) is 3. The lowest BCUT2D eigenvalue weighted by atomic mass is 10.3. The number of ether oxygens (including phenoxy) is 2. The van der Waals surface area contributed by atoms with Gasteiger partial charge >= 0.3 is 0 Å². The van der Waals surface area contributed by atoms with E-state index >= 15 is 0 Å². The maximum atomic E-state index is 5.48. The summed E-state index contributed by atoms with van der Waals surface area (Å²) in [6.45, 7) is 4.31. The van der Waals surface area contributed by atoms with E-state index in [2.05, 4.69) is 5.10 Å². The molecule has 0 N–H and O–H groups in total. The minimum atomic E-state index is 0.213. The van der Waals surface area contributed by atoms with Gasteiger partial charge in [0.15, 0.2) is 0 Å². The lowest BCUT2D eigenvalue weighted by molar-refractivity contribution is -0.0815. The molecule has 12 heavy (non-hydrogen) atoms. The highest BCUT2D eigenvalue weighted by Crippen LogP contribution is 2.12. The van der Waals surface area contributed by atoms with Gasteiger partial charge in [0.2, 0.25) is 5.88 Å². The summed E-state index contributed by atoms with van der Waals surface area (Å²) < 4.78 is 12.3. The van der Waals surface area contributed by atoms with Gasteiger partial charge in [-0.3, -0.25) is 4.68 Å². The molecular weight excluding hydrogens is 156 g/mol. The van der Waals surface area contributed by atoms with Crippen molar-refractivity contribution in [2.45, 2.75) is 19.6 Å². The van der Waals surface area contributed by atoms with Gasteiger partial charge in [0.25, 0.3) is 0 Å². The summed E-state index contributed by atoms with van der Waals surface area (Å²) in [6, 6.07) is 1.88. The van der Waals surface area contributed by atoms with Crippen molar-refractivity contribution in [3.8, 4) is 5.88 Å². The van der Waals surface area contributed by atoms with Crippen molar-refractivity contribution in [1.82, 2.24) is 9.78 Å². The third-order valence-corrected chi connectivity index (χ3v) is 1.84. The fraction of sp³-hybridized carbons (Fsp3) is 0.625. The van der Waals surface area contributed by atoms with Crippen molar-refractivity contribution < 1.29 is 9.47 Å². The van der Waals surface area contributed by atoms with Gasteiger partial charge in [-0.25, -0.2) is 0 Å². The number of nitrogens with zero attached hydrogens (tertiary/aromatic N) is 2. The third kappa shape index (κ3) is 1.43. The zero-order valence-electron chi connectivity index (χ0n) is 7.06. The lowest BCUT2D eigenvalue weighted by Crippen LogP contribution is -2.38. The zero-order valence-corrected chi connectivity index (χ0v) is 7.06. The molecule has 0 aromatic carbocycles. The molecule has 1 aliphatic heterocycles. The summed E-state index contributed by atoms with van der Waals surface area (Å²) in [7, 11) is 0. The zero-order chi connectivity index (χ0) is 8.39. The van der Waals surface area contributed by atoms with Gasteiger partial charge in [-0.2, -0.15) is 0 Å². The number of aromatic nitrogens is 2. The Bertz CT molecular complexity index is 255. The Morgan fingerprint density at radius 3 is 3.08 bits per heavy atom. The molecule has 1 aromatic rings. The average Bonchev–Trinajstić information content (AvgIpc) is 2.44. The number of rotatable bonds is 3. The highest BCUT2D eigenvalue weighted by atomic mass is 16.6. The monoisotopic (exact) mass is 168 g/mol. The normalized spacial score (nSPS) is 17.4. The van der Waals surface area contributed by atoms with Crippen LogP contribution in [0.1, 0.15) is 6.92 Å². The molecule has 1 aliphatic rings. The van der Waals surface area contributed by atoms with Crippen molar-refractivity contribution in [3.05, 3.63) is 12.3 Å². The molecule has 0 spiro atoms. The second-order valence-corrected chi connectivity index (χ2v) is 2.79. The molecule has 0 aliphatic carbocycles. The van der Waals surface area contributed by atoms with E-state index in [0.717, 1.165) is 6.54 Å². The van der Waals surface area contributed by atoms with Gasteiger partial charge in [-0.15, -0.1) is 5.10 Å². The molecule has 1 saturated heterocycles. The molecule has 2 heterocycles. The molecular formula is C8H12N2O2. The Morgan fingerprint density at radius 1 is 1.75 bits per heavy atom. The van der Waals surface area contributed by atoms with Gasteiger partial charge in [0, 0.05) is 18.8 Å². The molecule has 66 valence electrons. The van der Waals surface area contributed by atoms with Crippen LogP contribution in [0.5, 0.6) is 5.88 Å². The van der Waals surface area contributed by atoms with Gasteiger partial charge in [0.1, 0.15) is 6.10 Å². The van der Waals surface area contributed by atoms with Crippen LogP contribution in [0.2, 0.25) is 0 Å². The van der Waals surface area contributed by atoms with Crippen LogP contribution in [-0.4, -0.2) is 29.1 Å². The van der Waals surface area contributed by atoms with Crippen molar-refractivity contribution in [2.75, 3.05) is 13.2 Å². The van der Waals surface area contributed by atoms with Crippen LogP contribution in [-0.2, 0) is 11.3 Å². The Hall–Kier alpha value is -1.03. The standard InChI is InChI=1S/C8H12N2O2/c1-2-10-4-3-8(9-10)12-7-5-11-6-7/h3-4,7H,2,5-6H2,1H3. The summed E-state index contributed by atoms with van der Waals surface area (Å²) >= 11 is 0. The van der Waals surface area contributed by atoms with Crippen LogP contribution >= 0.6 is 0 Å². The minimum Gasteiger partial charge on any atom is -0.468 e. The first-order valence-electron chi connectivity index (χ1n) is 4.16. The summed E-state index contributed by atoms with van der Waals surface area (Å²) in [5.41, 5.74) is 0. The first-order chi connectivity index (χ1) is 5.88. The summed E-state index contributed by atoms with van der Waals surface area (Å²) in [6.07, 6.45) is 2.12. The van der Waals surface area contributed by atoms with Crippen LogP contribution < -0.4 is 4.74 Å². The molecule has 0 saturated carbocycles. The van der Waals surface area contributed by atoms with Gasteiger partial charge in [-0.05, 0) is 6.92 Å². The maximum Gasteiger partial charge on any atom is 0.233 e. The number of hydrogen-bond donors (Lipinski definition) is 0. The van der Waals surface area contributed by atoms with E-state index in [4.69, 9.17) is 9.47 Å². The van der Waals surface area contributed by atoms with E-state index in [1.807, 2.05) is 23.9 Å². The largest absolute Gasteiger partial charge is 0.468 e. The molecule has 1 fully saturated rings. The first kappa shape index (κ1) is 7.61. The summed E-state index contributed by atoms with van der Waals surface area (Å²) in [4.78, 5) is 0. The highest BCUT2D eigenvalue weighted by Gasteiger charge is 2.20. The van der Waals surface area contributed by atoms with Crippen molar-refractivity contribution in [1.29, 1.82) is 0 Å².